The molecule has 3 rings (SSSR count). The highest BCUT2D eigenvalue weighted by molar-refractivity contribution is 6.07. The van der Waals surface area contributed by atoms with Gasteiger partial charge in [0.05, 0.1) is 7.11 Å². The first-order valence-corrected chi connectivity index (χ1v) is 9.41. The van der Waals surface area contributed by atoms with E-state index >= 15 is 0 Å². The standard InChI is InChI=1S/C25H25NO3/c1-26(2)22-13-11-21(12-14-22)23(27)15-9-19-10-16-24(25(17-19)28-3)29-18-20-7-5-4-6-8-20/h4-17H,18H2,1-3H3/b15-9+. The zero-order chi connectivity index (χ0) is 20.6. The van der Waals surface area contributed by atoms with Crippen molar-refractivity contribution in [3.05, 3.63) is 95.6 Å². The van der Waals surface area contributed by atoms with Crippen molar-refractivity contribution in [3.63, 3.8) is 0 Å². The Bertz CT molecular complexity index is 977. The zero-order valence-corrected chi connectivity index (χ0v) is 17.0. The molecule has 0 bridgehead atoms. The van der Waals surface area contributed by atoms with E-state index in [-0.39, 0.29) is 5.78 Å². The lowest BCUT2D eigenvalue weighted by Crippen LogP contribution is -2.08. The number of anilines is 1. The Labute approximate surface area is 172 Å². The predicted octanol–water partition coefficient (Wildman–Crippen LogP) is 5.24. The summed E-state index contributed by atoms with van der Waals surface area (Å²) >= 11 is 0. The average molecular weight is 387 g/mol. The number of carbonyl (C=O) groups is 1. The fraction of sp³-hybridized carbons (Fsp3) is 0.160. The van der Waals surface area contributed by atoms with E-state index in [1.54, 1.807) is 19.3 Å². The smallest absolute Gasteiger partial charge is 0.185 e. The monoisotopic (exact) mass is 387 g/mol. The van der Waals surface area contributed by atoms with Gasteiger partial charge in [-0.25, -0.2) is 0 Å². The second-order valence-electron chi connectivity index (χ2n) is 6.82. The minimum absolute atomic E-state index is 0.0429. The topological polar surface area (TPSA) is 38.8 Å². The van der Waals surface area contributed by atoms with Crippen LogP contribution < -0.4 is 14.4 Å². The maximum atomic E-state index is 12.4. The van der Waals surface area contributed by atoms with Crippen LogP contribution >= 0.6 is 0 Å². The van der Waals surface area contributed by atoms with Crippen molar-refractivity contribution in [1.82, 2.24) is 0 Å². The first kappa shape index (κ1) is 20.2. The maximum Gasteiger partial charge on any atom is 0.185 e. The van der Waals surface area contributed by atoms with E-state index in [0.29, 0.717) is 23.7 Å². The molecule has 0 saturated heterocycles. The summed E-state index contributed by atoms with van der Waals surface area (Å²) in [5.41, 5.74) is 3.67. The lowest BCUT2D eigenvalue weighted by molar-refractivity contribution is 0.104. The van der Waals surface area contributed by atoms with Gasteiger partial charge in [0.15, 0.2) is 17.3 Å². The number of ketones is 1. The molecule has 29 heavy (non-hydrogen) atoms. The van der Waals surface area contributed by atoms with Crippen molar-refractivity contribution in [2.45, 2.75) is 6.61 Å². The molecule has 0 heterocycles. The average Bonchev–Trinajstić information content (AvgIpc) is 2.77. The quantitative estimate of drug-likeness (QED) is 0.392. The van der Waals surface area contributed by atoms with Crippen molar-refractivity contribution >= 4 is 17.5 Å². The number of methoxy groups -OCH3 is 1. The molecule has 4 nitrogen and oxygen atoms in total. The largest absolute Gasteiger partial charge is 0.493 e. The Balaban J connectivity index is 1.68. The van der Waals surface area contributed by atoms with Gasteiger partial charge in [0.25, 0.3) is 0 Å². The van der Waals surface area contributed by atoms with E-state index in [1.165, 1.54) is 0 Å². The van der Waals surface area contributed by atoms with E-state index in [9.17, 15) is 4.79 Å². The van der Waals surface area contributed by atoms with Gasteiger partial charge in [-0.2, -0.15) is 0 Å². The molecule has 0 aliphatic carbocycles. The van der Waals surface area contributed by atoms with Crippen LogP contribution in [0.3, 0.4) is 0 Å². The van der Waals surface area contributed by atoms with E-state index in [4.69, 9.17) is 9.47 Å². The van der Waals surface area contributed by atoms with Crippen LogP contribution in [-0.2, 0) is 6.61 Å². The molecular weight excluding hydrogens is 362 g/mol. The minimum Gasteiger partial charge on any atom is -0.493 e. The van der Waals surface area contributed by atoms with Gasteiger partial charge in [-0.1, -0.05) is 42.5 Å². The molecule has 0 aromatic heterocycles. The third kappa shape index (κ3) is 5.48. The van der Waals surface area contributed by atoms with Crippen LogP contribution in [0.4, 0.5) is 5.69 Å². The van der Waals surface area contributed by atoms with E-state index in [1.807, 2.05) is 91.8 Å². The molecule has 0 aliphatic heterocycles. The fourth-order valence-corrected chi connectivity index (χ4v) is 2.83. The number of carbonyl (C=O) groups excluding carboxylic acids is 1. The van der Waals surface area contributed by atoms with E-state index in [0.717, 1.165) is 16.8 Å². The van der Waals surface area contributed by atoms with Crippen LogP contribution in [0.25, 0.3) is 6.08 Å². The first-order valence-electron chi connectivity index (χ1n) is 9.41. The molecule has 0 radical (unpaired) electrons. The molecule has 0 atom stereocenters. The SMILES string of the molecule is COc1cc(/C=C/C(=O)c2ccc(N(C)C)cc2)ccc1OCc1ccccc1. The number of rotatable bonds is 8. The number of nitrogens with zero attached hydrogens (tertiary/aromatic N) is 1. The molecular formula is C25H25NO3. The molecule has 3 aromatic rings. The van der Waals surface area contributed by atoms with Crippen molar-refractivity contribution in [2.75, 3.05) is 26.1 Å². The summed E-state index contributed by atoms with van der Waals surface area (Å²) in [6.45, 7) is 0.466. The highest BCUT2D eigenvalue weighted by Gasteiger charge is 2.07. The fourth-order valence-electron chi connectivity index (χ4n) is 2.83. The summed E-state index contributed by atoms with van der Waals surface area (Å²) in [5.74, 6) is 1.25. The Morgan fingerprint density at radius 2 is 1.66 bits per heavy atom. The van der Waals surface area contributed by atoms with Gasteiger partial charge >= 0.3 is 0 Å². The number of hydrogen-bond donors (Lipinski definition) is 0. The van der Waals surface area contributed by atoms with Crippen LogP contribution in [0.2, 0.25) is 0 Å². The highest BCUT2D eigenvalue weighted by Crippen LogP contribution is 2.29. The van der Waals surface area contributed by atoms with Crippen molar-refractivity contribution in [2.24, 2.45) is 0 Å². The van der Waals surface area contributed by atoms with Crippen LogP contribution in [0.5, 0.6) is 11.5 Å². The van der Waals surface area contributed by atoms with Gasteiger partial charge in [0.1, 0.15) is 6.61 Å². The van der Waals surface area contributed by atoms with E-state index < -0.39 is 0 Å². The predicted molar refractivity (Wildman–Crippen MR) is 118 cm³/mol. The molecule has 148 valence electrons. The van der Waals surface area contributed by atoms with E-state index in [2.05, 4.69) is 0 Å². The van der Waals surface area contributed by atoms with Crippen LogP contribution in [0, 0.1) is 0 Å². The normalized spacial score (nSPS) is 10.7. The minimum atomic E-state index is -0.0429. The molecule has 4 heteroatoms. The van der Waals surface area contributed by atoms with Crippen LogP contribution in [0.1, 0.15) is 21.5 Å². The summed E-state index contributed by atoms with van der Waals surface area (Å²) in [6.07, 6.45) is 3.36. The molecule has 0 unspecified atom stereocenters. The molecule has 0 amide bonds. The molecule has 0 aliphatic rings. The number of hydrogen-bond acceptors (Lipinski definition) is 4. The summed E-state index contributed by atoms with van der Waals surface area (Å²) in [5, 5.41) is 0. The lowest BCUT2D eigenvalue weighted by atomic mass is 10.1. The lowest BCUT2D eigenvalue weighted by Gasteiger charge is -2.12. The molecule has 0 fully saturated rings. The van der Waals surface area contributed by atoms with Crippen molar-refractivity contribution in [3.8, 4) is 11.5 Å². The van der Waals surface area contributed by atoms with Crippen LogP contribution in [0.15, 0.2) is 78.9 Å². The van der Waals surface area contributed by atoms with Gasteiger partial charge in [-0.15, -0.1) is 0 Å². The second kappa shape index (κ2) is 9.60. The Morgan fingerprint density at radius 1 is 0.931 bits per heavy atom. The van der Waals surface area contributed by atoms with Gasteiger partial charge < -0.3 is 14.4 Å². The van der Waals surface area contributed by atoms with Gasteiger partial charge in [-0.3, -0.25) is 4.79 Å². The van der Waals surface area contributed by atoms with Gasteiger partial charge in [-0.05, 0) is 53.6 Å². The molecule has 0 N–H and O–H groups in total. The van der Waals surface area contributed by atoms with Crippen LogP contribution in [-0.4, -0.2) is 27.0 Å². The number of benzene rings is 3. The Kier molecular flexibility index (Phi) is 6.69. The first-order chi connectivity index (χ1) is 14.1. The summed E-state index contributed by atoms with van der Waals surface area (Å²) < 4.78 is 11.3. The van der Waals surface area contributed by atoms with Crippen molar-refractivity contribution in [1.29, 1.82) is 0 Å². The number of allylic oxidation sites excluding steroid dienone is 1. The molecule has 0 saturated carbocycles. The molecule has 0 spiro atoms. The van der Waals surface area contributed by atoms with Gasteiger partial charge in [0, 0.05) is 25.3 Å². The Morgan fingerprint density at radius 3 is 2.31 bits per heavy atom. The Hall–Kier alpha value is -3.53. The second-order valence-corrected chi connectivity index (χ2v) is 6.82. The summed E-state index contributed by atoms with van der Waals surface area (Å²) in [4.78, 5) is 14.4. The third-order valence-electron chi connectivity index (χ3n) is 4.52. The zero-order valence-electron chi connectivity index (χ0n) is 17.0. The maximum absolute atomic E-state index is 12.4. The number of ether oxygens (including phenoxy) is 2. The highest BCUT2D eigenvalue weighted by atomic mass is 16.5. The summed E-state index contributed by atoms with van der Waals surface area (Å²) in [7, 11) is 5.55. The molecule has 3 aromatic carbocycles. The van der Waals surface area contributed by atoms with Crippen molar-refractivity contribution < 1.29 is 14.3 Å². The summed E-state index contributed by atoms with van der Waals surface area (Å²) in [6, 6.07) is 23.1. The van der Waals surface area contributed by atoms with Gasteiger partial charge in [0.2, 0.25) is 0 Å². The third-order valence-corrected chi connectivity index (χ3v) is 4.52.